The highest BCUT2D eigenvalue weighted by molar-refractivity contribution is 6.06. The summed E-state index contributed by atoms with van der Waals surface area (Å²) in [6, 6.07) is 5.44. The van der Waals surface area contributed by atoms with Gasteiger partial charge in [-0.2, -0.15) is 0 Å². The Morgan fingerprint density at radius 2 is 2.00 bits per heavy atom. The van der Waals surface area contributed by atoms with Crippen LogP contribution in [0.4, 0.5) is 4.79 Å². The Labute approximate surface area is 154 Å². The number of rotatable bonds is 5. The third-order valence-corrected chi connectivity index (χ3v) is 4.57. The minimum atomic E-state index is -1.79. The molecule has 6 N–H and O–H groups in total. The lowest BCUT2D eigenvalue weighted by Crippen LogP contribution is -2.66. The average molecular weight is 379 g/mol. The van der Waals surface area contributed by atoms with Crippen molar-refractivity contribution in [3.8, 4) is 5.75 Å². The van der Waals surface area contributed by atoms with Crippen molar-refractivity contribution in [3.05, 3.63) is 42.1 Å². The number of carbonyl (C=O) groups is 2. The summed E-state index contributed by atoms with van der Waals surface area (Å²) in [6.07, 6.45) is -2.58. The third kappa shape index (κ3) is 3.40. The quantitative estimate of drug-likeness (QED) is 0.388. The van der Waals surface area contributed by atoms with Crippen LogP contribution in [-0.4, -0.2) is 76.0 Å². The van der Waals surface area contributed by atoms with Gasteiger partial charge in [0.05, 0.1) is 13.7 Å². The van der Waals surface area contributed by atoms with E-state index in [2.05, 4.69) is 5.32 Å². The van der Waals surface area contributed by atoms with Crippen LogP contribution in [0.25, 0.3) is 0 Å². The molecule has 0 aliphatic carbocycles. The molecule has 146 valence electrons. The van der Waals surface area contributed by atoms with Crippen molar-refractivity contribution in [1.29, 1.82) is 0 Å². The van der Waals surface area contributed by atoms with E-state index in [0.717, 1.165) is 4.90 Å². The number of aliphatic hydroxyl groups is 3. The number of hydrogen-bond donors (Lipinski definition) is 5. The molecule has 1 aromatic rings. The van der Waals surface area contributed by atoms with Gasteiger partial charge in [0, 0.05) is 11.8 Å². The third-order valence-electron chi connectivity index (χ3n) is 4.57. The molecule has 10 nitrogen and oxygen atoms in total. The second-order valence-corrected chi connectivity index (χ2v) is 6.31. The van der Waals surface area contributed by atoms with Gasteiger partial charge in [-0.25, -0.2) is 4.79 Å². The van der Waals surface area contributed by atoms with Gasteiger partial charge in [-0.15, -0.1) is 0 Å². The number of ketones is 1. The number of nitrogens with zero attached hydrogens (tertiary/aromatic N) is 1. The zero-order chi connectivity index (χ0) is 19.8. The van der Waals surface area contributed by atoms with Crippen LogP contribution in [0.1, 0.15) is 10.4 Å². The molecule has 3 rings (SSSR count). The van der Waals surface area contributed by atoms with Crippen molar-refractivity contribution < 1.29 is 34.4 Å². The number of carbonyl (C=O) groups excluding carboxylic acids is 2. The first-order valence-corrected chi connectivity index (χ1v) is 8.20. The largest absolute Gasteiger partial charge is 0.497 e. The molecule has 1 aromatic carbocycles. The van der Waals surface area contributed by atoms with Crippen LogP contribution in [0.5, 0.6) is 5.75 Å². The van der Waals surface area contributed by atoms with E-state index < -0.39 is 48.6 Å². The van der Waals surface area contributed by atoms with Crippen LogP contribution < -0.4 is 15.8 Å². The highest BCUT2D eigenvalue weighted by Crippen LogP contribution is 2.27. The van der Waals surface area contributed by atoms with E-state index >= 15 is 0 Å². The molecular weight excluding hydrogens is 358 g/mol. The number of methoxy groups -OCH3 is 1. The van der Waals surface area contributed by atoms with Crippen molar-refractivity contribution in [2.75, 3.05) is 13.7 Å². The maximum Gasteiger partial charge on any atom is 0.325 e. The molecule has 0 aromatic heterocycles. The molecule has 2 heterocycles. The molecule has 27 heavy (non-hydrogen) atoms. The van der Waals surface area contributed by atoms with E-state index in [9.17, 15) is 19.8 Å². The Balaban J connectivity index is 1.79. The van der Waals surface area contributed by atoms with E-state index in [4.69, 9.17) is 20.3 Å². The van der Waals surface area contributed by atoms with Gasteiger partial charge in [0.2, 0.25) is 5.78 Å². The Kier molecular flexibility index (Phi) is 5.18. The number of ether oxygens (including phenoxy) is 2. The van der Waals surface area contributed by atoms with E-state index in [-0.39, 0.29) is 5.56 Å². The summed E-state index contributed by atoms with van der Waals surface area (Å²) in [5, 5.41) is 31.4. The maximum atomic E-state index is 12.7. The van der Waals surface area contributed by atoms with Gasteiger partial charge < -0.3 is 30.1 Å². The van der Waals surface area contributed by atoms with Crippen molar-refractivity contribution in [2.45, 2.75) is 30.2 Å². The molecule has 10 heteroatoms. The summed E-state index contributed by atoms with van der Waals surface area (Å²) >= 11 is 0. The minimum Gasteiger partial charge on any atom is -0.497 e. The zero-order valence-electron chi connectivity index (χ0n) is 14.5. The molecule has 2 amide bonds. The molecule has 1 fully saturated rings. The Hall–Kier alpha value is -2.50. The lowest BCUT2D eigenvalue weighted by molar-refractivity contribution is -0.0666. The molecule has 5 atom stereocenters. The number of urea groups is 1. The van der Waals surface area contributed by atoms with E-state index in [1.165, 1.54) is 31.5 Å². The Bertz CT molecular complexity index is 753. The summed E-state index contributed by atoms with van der Waals surface area (Å²) in [7, 11) is 1.50. The predicted octanol–water partition coefficient (Wildman–Crippen LogP) is -1.49. The number of nitrogens with two attached hydrogens (primary N) is 1. The number of benzene rings is 1. The van der Waals surface area contributed by atoms with Gasteiger partial charge in [0.1, 0.15) is 24.1 Å². The van der Waals surface area contributed by atoms with E-state index in [0.29, 0.717) is 5.75 Å². The molecule has 1 unspecified atom stereocenters. The highest BCUT2D eigenvalue weighted by atomic mass is 16.6. The molecule has 0 bridgehead atoms. The van der Waals surface area contributed by atoms with Crippen LogP contribution in [0.15, 0.2) is 36.5 Å². The predicted molar refractivity (Wildman–Crippen MR) is 91.5 cm³/mol. The first-order valence-electron chi connectivity index (χ1n) is 8.20. The second kappa shape index (κ2) is 7.25. The average Bonchev–Trinajstić information content (AvgIpc) is 2.96. The smallest absolute Gasteiger partial charge is 0.325 e. The number of amides is 2. The van der Waals surface area contributed by atoms with Crippen LogP contribution >= 0.6 is 0 Å². The second-order valence-electron chi connectivity index (χ2n) is 6.31. The fraction of sp³-hybridized carbons (Fsp3) is 0.412. The summed E-state index contributed by atoms with van der Waals surface area (Å²) in [4.78, 5) is 26.1. The first kappa shape index (κ1) is 19.3. The number of Topliss-reactive ketones (excluding diaryl/α,β-unsaturated/α-hetero) is 1. The van der Waals surface area contributed by atoms with Crippen LogP contribution in [0.3, 0.4) is 0 Å². The van der Waals surface area contributed by atoms with Crippen LogP contribution in [0, 0.1) is 0 Å². The molecule has 2 aliphatic heterocycles. The van der Waals surface area contributed by atoms with Gasteiger partial charge in [-0.05, 0) is 30.3 Å². The van der Waals surface area contributed by atoms with Crippen molar-refractivity contribution in [1.82, 2.24) is 10.2 Å². The highest BCUT2D eigenvalue weighted by Gasteiger charge is 2.48. The molecular formula is C17H21N3O7. The van der Waals surface area contributed by atoms with Gasteiger partial charge >= 0.3 is 6.03 Å². The summed E-state index contributed by atoms with van der Waals surface area (Å²) in [5.41, 5.74) is 4.53. The van der Waals surface area contributed by atoms with Crippen molar-refractivity contribution in [3.63, 3.8) is 0 Å². The van der Waals surface area contributed by atoms with Gasteiger partial charge in [-0.3, -0.25) is 15.4 Å². The zero-order valence-corrected chi connectivity index (χ0v) is 14.5. The fourth-order valence-corrected chi connectivity index (χ4v) is 2.97. The maximum absolute atomic E-state index is 12.7. The molecule has 0 spiro atoms. The summed E-state index contributed by atoms with van der Waals surface area (Å²) < 4.78 is 10.3. The minimum absolute atomic E-state index is 0.268. The number of aliphatic hydroxyl groups excluding tert-OH is 3. The molecule has 0 saturated carbocycles. The number of nitrogens with one attached hydrogen (secondary N) is 1. The van der Waals surface area contributed by atoms with Crippen LogP contribution in [0.2, 0.25) is 0 Å². The number of hydrogen-bond acceptors (Lipinski definition) is 8. The van der Waals surface area contributed by atoms with Crippen molar-refractivity contribution in [2.24, 2.45) is 5.73 Å². The topological polar surface area (TPSA) is 155 Å². The lowest BCUT2D eigenvalue weighted by atomic mass is 9.97. The first-order chi connectivity index (χ1) is 12.8. The van der Waals surface area contributed by atoms with E-state index in [1.807, 2.05) is 0 Å². The Morgan fingerprint density at radius 1 is 1.33 bits per heavy atom. The SMILES string of the molecule is COc1ccc(C(=O)C2(N)C=CN([C@@H]3O[C@H](CO)[C@@H](O)[C@H]3O)C(=O)N2)cc1. The van der Waals surface area contributed by atoms with E-state index in [1.54, 1.807) is 12.1 Å². The molecule has 0 radical (unpaired) electrons. The van der Waals surface area contributed by atoms with Gasteiger partial charge in [0.15, 0.2) is 11.9 Å². The summed E-state index contributed by atoms with van der Waals surface area (Å²) in [6.45, 7) is -0.523. The molecule has 1 saturated heterocycles. The molecule has 2 aliphatic rings. The standard InChI is InChI=1S/C17H21N3O7/c1-26-10-4-2-9(3-5-10)14(24)17(18)6-7-20(16(25)19-17)15-13(23)12(22)11(8-21)27-15/h2-7,11-13,15,21-23H,8,18H2,1H3,(H,19,25)/t11-,12-,13-,15-,17?/m1/s1. The van der Waals surface area contributed by atoms with Gasteiger partial charge in [0.25, 0.3) is 0 Å². The monoisotopic (exact) mass is 379 g/mol. The van der Waals surface area contributed by atoms with Gasteiger partial charge in [-0.1, -0.05) is 0 Å². The Morgan fingerprint density at radius 3 is 2.52 bits per heavy atom. The van der Waals surface area contributed by atoms with Crippen molar-refractivity contribution >= 4 is 11.8 Å². The summed E-state index contributed by atoms with van der Waals surface area (Å²) in [5.74, 6) is 0.0203. The fourth-order valence-electron chi connectivity index (χ4n) is 2.97. The van der Waals surface area contributed by atoms with Crippen LogP contribution in [-0.2, 0) is 4.74 Å². The normalized spacial score (nSPS) is 33.1. The lowest BCUT2D eigenvalue weighted by Gasteiger charge is -2.36.